The number of ether oxygens (including phenoxy) is 4. The number of benzene rings is 4. The van der Waals surface area contributed by atoms with E-state index in [4.69, 9.17) is 38.9 Å². The summed E-state index contributed by atoms with van der Waals surface area (Å²) in [6.07, 6.45) is 17.6. The predicted molar refractivity (Wildman–Crippen MR) is 359 cm³/mol. The molecule has 0 radical (unpaired) electrons. The van der Waals surface area contributed by atoms with Crippen LogP contribution in [0.5, 0.6) is 46.0 Å². The molecule has 4 aromatic rings. The number of aliphatic imine (C=N–C) groups is 4. The fraction of sp³-hybridized carbons (Fsp3) is 0.562. The van der Waals surface area contributed by atoms with E-state index in [2.05, 4.69) is 52.4 Å². The van der Waals surface area contributed by atoms with E-state index >= 15 is 0 Å². The molecule has 0 aliphatic rings. The second-order valence-electron chi connectivity index (χ2n) is 25.9. The zero-order chi connectivity index (χ0) is 59.4. The minimum absolute atomic E-state index is 0.145. The smallest absolute Gasteiger partial charge is 0.161 e. The molecule has 0 aliphatic heterocycles. The summed E-state index contributed by atoms with van der Waals surface area (Å²) in [6, 6.07) is 38.1. The van der Waals surface area contributed by atoms with Crippen LogP contribution >= 0.6 is 0 Å². The third kappa shape index (κ3) is 26.4. The molecule has 448 valence electrons. The van der Waals surface area contributed by atoms with Crippen molar-refractivity contribution in [3.8, 4) is 46.0 Å². The highest BCUT2D eigenvalue weighted by Crippen LogP contribution is 2.39. The number of aromatic hydroxyl groups is 4. The van der Waals surface area contributed by atoms with Crippen molar-refractivity contribution in [3.05, 3.63) is 95.1 Å². The molecule has 17 heteroatoms. The minimum atomic E-state index is -1.69. The number of hydrogen-bond acceptors (Lipinski definition) is 12. The number of nitrogens with zero attached hydrogens (tertiary/aromatic N) is 4. The molecule has 0 aliphatic carbocycles. The van der Waals surface area contributed by atoms with Crippen LogP contribution in [0.25, 0.3) is 0 Å². The average Bonchev–Trinajstić information content (AvgIpc) is 3.42. The van der Waals surface area contributed by atoms with E-state index in [9.17, 15) is 20.4 Å². The van der Waals surface area contributed by atoms with Gasteiger partial charge in [-0.05, 0) is 121 Å². The van der Waals surface area contributed by atoms with Gasteiger partial charge in [-0.15, -0.1) is 0 Å². The molecule has 0 spiro atoms. The van der Waals surface area contributed by atoms with E-state index in [1.165, 1.54) is 98.2 Å². The van der Waals surface area contributed by atoms with Gasteiger partial charge in [0.05, 0.1) is 36.5 Å². The van der Waals surface area contributed by atoms with Gasteiger partial charge in [-0.3, -0.25) is 20.0 Å². The maximum absolute atomic E-state index is 10.1. The Balaban J connectivity index is 1.47. The summed E-state index contributed by atoms with van der Waals surface area (Å²) >= 11 is 0. The van der Waals surface area contributed by atoms with Gasteiger partial charge < -0.3 is 39.4 Å². The van der Waals surface area contributed by atoms with Gasteiger partial charge in [0.25, 0.3) is 0 Å². The van der Waals surface area contributed by atoms with Crippen molar-refractivity contribution in [3.63, 3.8) is 0 Å². The van der Waals surface area contributed by atoms with Gasteiger partial charge in [-0.2, -0.15) is 0 Å². The second kappa shape index (κ2) is 34.6. The van der Waals surface area contributed by atoms with E-state index in [-0.39, 0.29) is 23.0 Å². The molecule has 0 bridgehead atoms. The Bertz CT molecular complexity index is 2270. The Labute approximate surface area is 493 Å². The van der Waals surface area contributed by atoms with Gasteiger partial charge in [0, 0.05) is 83.3 Å². The molecular formula is C64H104N4O8Si5. The summed E-state index contributed by atoms with van der Waals surface area (Å²) in [6.45, 7) is 24.2. The third-order valence-corrected chi connectivity index (χ3v) is 35.9. The fourth-order valence-corrected chi connectivity index (χ4v) is 28.0. The third-order valence-electron chi connectivity index (χ3n) is 16.6. The number of methoxy groups -OCH3 is 4. The van der Waals surface area contributed by atoms with E-state index in [1.54, 1.807) is 52.7 Å². The highest BCUT2D eigenvalue weighted by molar-refractivity contribution is 6.82. The van der Waals surface area contributed by atoms with E-state index in [0.29, 0.717) is 23.0 Å². The van der Waals surface area contributed by atoms with Gasteiger partial charge in [0.1, 0.15) is 0 Å². The summed E-state index contributed by atoms with van der Waals surface area (Å²) in [4.78, 5) is 19.2. The Morgan fingerprint density at radius 2 is 0.506 bits per heavy atom. The van der Waals surface area contributed by atoms with Gasteiger partial charge in [-0.25, -0.2) is 0 Å². The molecule has 0 amide bonds. The van der Waals surface area contributed by atoms with Gasteiger partial charge in [0.2, 0.25) is 0 Å². The van der Waals surface area contributed by atoms with E-state index in [1.807, 2.05) is 73.4 Å². The Kier molecular flexibility index (Phi) is 29.3. The maximum Gasteiger partial charge on any atom is 0.161 e. The van der Waals surface area contributed by atoms with Crippen molar-refractivity contribution >= 4 is 65.2 Å². The highest BCUT2D eigenvalue weighted by Gasteiger charge is 2.35. The largest absolute Gasteiger partial charge is 0.504 e. The SMILES string of the molecule is COc1cc(C=NCCC[Si](C)(C)CCC[Si](CCC[Si](C)(C)CCCN=Cc2ccc(O)c(OC)c2)(CCC[Si](C)(C)CCCN=Cc2ccc(O)c(OC)c2)CCC[Si](C)(C)CCCN=Cc2ccc(O)c(OC)c2)ccc1O. The molecule has 4 aromatic carbocycles. The molecule has 12 nitrogen and oxygen atoms in total. The lowest BCUT2D eigenvalue weighted by Gasteiger charge is -2.36. The molecule has 0 aromatic heterocycles. The van der Waals surface area contributed by atoms with Crippen LogP contribution in [-0.2, 0) is 0 Å². The number of phenolic OH excluding ortho intramolecular Hbond substituents is 4. The number of phenols is 4. The molecule has 0 fully saturated rings. The Hall–Kier alpha value is -4.96. The summed E-state index contributed by atoms with van der Waals surface area (Å²) in [5.41, 5.74) is 3.77. The quantitative estimate of drug-likeness (QED) is 0.0194. The highest BCUT2D eigenvalue weighted by atomic mass is 28.3. The van der Waals surface area contributed by atoms with Crippen LogP contribution in [0.4, 0.5) is 0 Å². The zero-order valence-electron chi connectivity index (χ0n) is 51.9. The van der Waals surface area contributed by atoms with Crippen LogP contribution in [-0.4, -0.2) is 140 Å². The standard InChI is InChI=1S/C64H104N4O8Si5/c1-73-61-45-53(21-25-57(61)69)49-65-29-13-33-77(5,6)37-17-41-81(42-18-38-78(7,8)34-14-30-66-50-54-22-26-58(70)62(46-54)74-2,43-19-39-79(9,10)35-15-31-67-51-55-23-27-59(71)63(47-55)75-3)44-20-40-80(11,12)36-16-32-68-52-56-24-28-60(72)64(48-56)76-4/h21-28,45-52,69-72H,13-20,29-44H2,1-12H3. The first-order valence-electron chi connectivity index (χ1n) is 30.0. The Morgan fingerprint density at radius 3 is 0.704 bits per heavy atom. The van der Waals surface area contributed by atoms with Crippen LogP contribution in [0, 0.1) is 0 Å². The zero-order valence-corrected chi connectivity index (χ0v) is 56.9. The number of hydrogen-bond donors (Lipinski definition) is 4. The van der Waals surface area contributed by atoms with Crippen LogP contribution in [0.1, 0.15) is 73.6 Å². The molecule has 0 saturated carbocycles. The normalized spacial score (nSPS) is 13.5. The van der Waals surface area contributed by atoms with Crippen molar-refractivity contribution in [2.24, 2.45) is 20.0 Å². The molecule has 4 rings (SSSR count). The van der Waals surface area contributed by atoms with Crippen LogP contribution in [0.3, 0.4) is 0 Å². The molecular weight excluding hydrogens is 1090 g/mol. The van der Waals surface area contributed by atoms with Crippen molar-refractivity contribution in [2.45, 2.75) is 176 Å². The maximum atomic E-state index is 10.1. The first kappa shape index (κ1) is 68.5. The van der Waals surface area contributed by atoms with Crippen LogP contribution < -0.4 is 18.9 Å². The first-order chi connectivity index (χ1) is 38.5. The van der Waals surface area contributed by atoms with Crippen molar-refractivity contribution in [2.75, 3.05) is 54.6 Å². The lowest BCUT2D eigenvalue weighted by Crippen LogP contribution is -2.37. The van der Waals surface area contributed by atoms with E-state index < -0.39 is 40.4 Å². The Morgan fingerprint density at radius 1 is 0.309 bits per heavy atom. The second-order valence-corrected chi connectivity index (χ2v) is 52.2. The van der Waals surface area contributed by atoms with Gasteiger partial charge >= 0.3 is 0 Å². The van der Waals surface area contributed by atoms with Gasteiger partial charge in [-0.1, -0.05) is 151 Å². The van der Waals surface area contributed by atoms with Crippen molar-refractivity contribution in [1.82, 2.24) is 0 Å². The molecule has 81 heavy (non-hydrogen) atoms. The topological polar surface area (TPSA) is 167 Å². The lowest BCUT2D eigenvalue weighted by molar-refractivity contribution is 0.373. The predicted octanol–water partition coefficient (Wildman–Crippen LogP) is 16.7. The molecule has 4 N–H and O–H groups in total. The average molecular weight is 1200 g/mol. The lowest BCUT2D eigenvalue weighted by atomic mass is 10.2. The van der Waals surface area contributed by atoms with Crippen LogP contribution in [0.15, 0.2) is 92.8 Å². The molecule has 0 heterocycles. The van der Waals surface area contributed by atoms with Crippen molar-refractivity contribution in [1.29, 1.82) is 0 Å². The van der Waals surface area contributed by atoms with E-state index in [0.717, 1.165) is 74.1 Å². The molecule has 0 saturated heterocycles. The summed E-state index contributed by atoms with van der Waals surface area (Å²) in [7, 11) is -1.23. The van der Waals surface area contributed by atoms with Crippen LogP contribution in [0.2, 0.25) is 125 Å². The summed E-state index contributed by atoms with van der Waals surface area (Å²) in [5.74, 6) is 2.47. The van der Waals surface area contributed by atoms with Gasteiger partial charge in [0.15, 0.2) is 46.0 Å². The molecule has 0 atom stereocenters. The fourth-order valence-electron chi connectivity index (χ4n) is 11.4. The summed E-state index contributed by atoms with van der Waals surface area (Å²) < 4.78 is 21.3. The number of rotatable bonds is 40. The minimum Gasteiger partial charge on any atom is -0.504 e. The summed E-state index contributed by atoms with van der Waals surface area (Å²) in [5, 5.41) is 40.2. The monoisotopic (exact) mass is 1200 g/mol. The molecule has 0 unspecified atom stereocenters. The van der Waals surface area contributed by atoms with Crippen molar-refractivity contribution < 1.29 is 39.4 Å². The first-order valence-corrected chi connectivity index (χ1v) is 46.5.